The summed E-state index contributed by atoms with van der Waals surface area (Å²) in [6.45, 7) is 5.31. The third-order valence-electron chi connectivity index (χ3n) is 6.56. The van der Waals surface area contributed by atoms with Gasteiger partial charge in [0, 0.05) is 38.7 Å². The molecule has 0 bridgehead atoms. The van der Waals surface area contributed by atoms with Crippen LogP contribution in [0.4, 0.5) is 0 Å². The molecule has 1 aliphatic rings. The van der Waals surface area contributed by atoms with E-state index in [0.717, 1.165) is 33.7 Å². The fraction of sp³-hybridized carbons (Fsp3) is 0.370. The second kappa shape index (κ2) is 10.0. The molecule has 4 rings (SSSR count). The SMILES string of the molecule is Cc1noc(C)c1CCC(=O)N1CCN(C)C(=O)C(Cc2ccccc2-c2ccccc2)C1. The zero-order valence-electron chi connectivity index (χ0n) is 19.6. The third kappa shape index (κ3) is 5.16. The molecule has 0 N–H and O–H groups in total. The van der Waals surface area contributed by atoms with E-state index in [1.807, 2.05) is 56.1 Å². The lowest BCUT2D eigenvalue weighted by Gasteiger charge is -2.24. The number of rotatable bonds is 6. The first-order chi connectivity index (χ1) is 15.9. The Kier molecular flexibility index (Phi) is 6.92. The molecule has 2 heterocycles. The van der Waals surface area contributed by atoms with Crippen molar-refractivity contribution in [2.24, 2.45) is 5.92 Å². The quantitative estimate of drug-likeness (QED) is 0.574. The van der Waals surface area contributed by atoms with Gasteiger partial charge in [-0.05, 0) is 43.4 Å². The lowest BCUT2D eigenvalue weighted by molar-refractivity contribution is -0.134. The number of aromatic nitrogens is 1. The molecule has 33 heavy (non-hydrogen) atoms. The zero-order valence-corrected chi connectivity index (χ0v) is 19.6. The summed E-state index contributed by atoms with van der Waals surface area (Å²) in [5.74, 6) is 0.658. The van der Waals surface area contributed by atoms with Gasteiger partial charge in [0.25, 0.3) is 0 Å². The van der Waals surface area contributed by atoms with E-state index in [-0.39, 0.29) is 17.7 Å². The van der Waals surface area contributed by atoms with Crippen LogP contribution in [0.5, 0.6) is 0 Å². The van der Waals surface area contributed by atoms with Crippen LogP contribution in [-0.4, -0.2) is 53.5 Å². The van der Waals surface area contributed by atoms with Gasteiger partial charge in [-0.2, -0.15) is 0 Å². The van der Waals surface area contributed by atoms with E-state index in [2.05, 4.69) is 29.4 Å². The van der Waals surface area contributed by atoms with Gasteiger partial charge in [0.2, 0.25) is 11.8 Å². The minimum atomic E-state index is -0.273. The third-order valence-corrected chi connectivity index (χ3v) is 6.56. The van der Waals surface area contributed by atoms with Gasteiger partial charge in [-0.1, -0.05) is 59.8 Å². The molecule has 6 heteroatoms. The molecular formula is C27H31N3O3. The van der Waals surface area contributed by atoms with E-state index in [9.17, 15) is 9.59 Å². The van der Waals surface area contributed by atoms with Crippen molar-refractivity contribution in [1.82, 2.24) is 15.0 Å². The molecule has 0 radical (unpaired) electrons. The van der Waals surface area contributed by atoms with Crippen LogP contribution in [0.2, 0.25) is 0 Å². The summed E-state index contributed by atoms with van der Waals surface area (Å²) in [5.41, 5.74) is 5.23. The molecule has 1 fully saturated rings. The molecule has 0 aliphatic carbocycles. The van der Waals surface area contributed by atoms with Crippen molar-refractivity contribution < 1.29 is 14.1 Å². The highest BCUT2D eigenvalue weighted by Gasteiger charge is 2.31. The smallest absolute Gasteiger partial charge is 0.227 e. The van der Waals surface area contributed by atoms with Crippen molar-refractivity contribution in [3.63, 3.8) is 0 Å². The molecule has 2 aromatic carbocycles. The lowest BCUT2D eigenvalue weighted by atomic mass is 9.91. The molecule has 1 aromatic heterocycles. The monoisotopic (exact) mass is 445 g/mol. The van der Waals surface area contributed by atoms with Gasteiger partial charge in [-0.3, -0.25) is 9.59 Å². The molecule has 0 saturated carbocycles. The molecule has 1 saturated heterocycles. The highest BCUT2D eigenvalue weighted by molar-refractivity contribution is 5.82. The first kappa shape index (κ1) is 22.8. The van der Waals surface area contributed by atoms with Gasteiger partial charge in [0.15, 0.2) is 0 Å². The molecule has 1 unspecified atom stereocenters. The summed E-state index contributed by atoms with van der Waals surface area (Å²) in [6, 6.07) is 18.5. The van der Waals surface area contributed by atoms with Crippen LogP contribution < -0.4 is 0 Å². The van der Waals surface area contributed by atoms with Gasteiger partial charge in [-0.25, -0.2) is 0 Å². The van der Waals surface area contributed by atoms with Crippen molar-refractivity contribution in [3.8, 4) is 11.1 Å². The Hall–Kier alpha value is -3.41. The summed E-state index contributed by atoms with van der Waals surface area (Å²) < 4.78 is 5.23. The zero-order chi connectivity index (χ0) is 23.4. The minimum absolute atomic E-state index is 0.0689. The summed E-state index contributed by atoms with van der Waals surface area (Å²) in [5, 5.41) is 3.98. The fourth-order valence-corrected chi connectivity index (χ4v) is 4.62. The standard InChI is InChI=1S/C27H31N3O3/c1-19-24(20(2)33-28-19)13-14-26(31)30-16-15-29(3)27(32)23(18-30)17-22-11-7-8-12-25(22)21-9-5-4-6-10-21/h4-12,23H,13-18H2,1-3H3. The minimum Gasteiger partial charge on any atom is -0.361 e. The first-order valence-electron chi connectivity index (χ1n) is 11.5. The predicted molar refractivity (Wildman–Crippen MR) is 128 cm³/mol. The topological polar surface area (TPSA) is 66.7 Å². The maximum Gasteiger partial charge on any atom is 0.227 e. The Balaban J connectivity index is 1.51. The second-order valence-corrected chi connectivity index (χ2v) is 8.83. The lowest BCUT2D eigenvalue weighted by Crippen LogP contribution is -2.37. The Morgan fingerprint density at radius 3 is 2.52 bits per heavy atom. The summed E-state index contributed by atoms with van der Waals surface area (Å²) >= 11 is 0. The van der Waals surface area contributed by atoms with E-state index in [1.165, 1.54) is 0 Å². The Morgan fingerprint density at radius 1 is 1.06 bits per heavy atom. The number of aryl methyl sites for hydroxylation is 2. The largest absolute Gasteiger partial charge is 0.361 e. The predicted octanol–water partition coefficient (Wildman–Crippen LogP) is 4.05. The Bertz CT molecular complexity index is 1100. The van der Waals surface area contributed by atoms with Crippen LogP contribution in [-0.2, 0) is 22.4 Å². The van der Waals surface area contributed by atoms with Gasteiger partial charge >= 0.3 is 0 Å². The number of benzene rings is 2. The van der Waals surface area contributed by atoms with E-state index in [1.54, 1.807) is 4.90 Å². The number of nitrogens with zero attached hydrogens (tertiary/aromatic N) is 3. The molecule has 6 nitrogen and oxygen atoms in total. The highest BCUT2D eigenvalue weighted by Crippen LogP contribution is 2.27. The van der Waals surface area contributed by atoms with Crippen molar-refractivity contribution in [2.75, 3.05) is 26.7 Å². The number of carbonyl (C=O) groups excluding carboxylic acids is 2. The van der Waals surface area contributed by atoms with Crippen LogP contribution in [0.3, 0.4) is 0 Å². The van der Waals surface area contributed by atoms with E-state index < -0.39 is 0 Å². The number of carbonyl (C=O) groups is 2. The van der Waals surface area contributed by atoms with Crippen molar-refractivity contribution in [3.05, 3.63) is 77.2 Å². The Morgan fingerprint density at radius 2 is 1.79 bits per heavy atom. The fourth-order valence-electron chi connectivity index (χ4n) is 4.62. The van der Waals surface area contributed by atoms with Gasteiger partial charge in [0.1, 0.15) is 5.76 Å². The van der Waals surface area contributed by atoms with Crippen molar-refractivity contribution in [1.29, 1.82) is 0 Å². The van der Waals surface area contributed by atoms with E-state index >= 15 is 0 Å². The average molecular weight is 446 g/mol. The molecule has 1 atom stereocenters. The van der Waals surface area contributed by atoms with Crippen molar-refractivity contribution in [2.45, 2.75) is 33.1 Å². The van der Waals surface area contributed by atoms with Gasteiger partial charge in [-0.15, -0.1) is 0 Å². The van der Waals surface area contributed by atoms with Crippen LogP contribution >= 0.6 is 0 Å². The van der Waals surface area contributed by atoms with Gasteiger partial charge in [0.05, 0.1) is 11.6 Å². The van der Waals surface area contributed by atoms with Gasteiger partial charge < -0.3 is 14.3 Å². The van der Waals surface area contributed by atoms with Crippen LogP contribution in [0, 0.1) is 19.8 Å². The normalized spacial score (nSPS) is 16.7. The van der Waals surface area contributed by atoms with Crippen LogP contribution in [0.25, 0.3) is 11.1 Å². The number of likely N-dealkylation sites (N-methyl/N-ethyl adjacent to an activating group) is 1. The molecule has 3 aromatic rings. The molecular weight excluding hydrogens is 414 g/mol. The first-order valence-corrected chi connectivity index (χ1v) is 11.5. The summed E-state index contributed by atoms with van der Waals surface area (Å²) in [6.07, 6.45) is 1.58. The molecule has 1 aliphatic heterocycles. The Labute approximate surface area is 195 Å². The van der Waals surface area contributed by atoms with Crippen LogP contribution in [0.15, 0.2) is 59.1 Å². The number of hydrogen-bond acceptors (Lipinski definition) is 4. The van der Waals surface area contributed by atoms with Crippen molar-refractivity contribution >= 4 is 11.8 Å². The maximum atomic E-state index is 13.2. The summed E-state index contributed by atoms with van der Waals surface area (Å²) in [4.78, 5) is 29.9. The maximum absolute atomic E-state index is 13.2. The number of amides is 2. The average Bonchev–Trinajstić information content (AvgIpc) is 3.08. The summed E-state index contributed by atoms with van der Waals surface area (Å²) in [7, 11) is 1.83. The molecule has 172 valence electrons. The van der Waals surface area contributed by atoms with E-state index in [0.29, 0.717) is 38.9 Å². The highest BCUT2D eigenvalue weighted by atomic mass is 16.5. The molecule has 2 amide bonds. The van der Waals surface area contributed by atoms with E-state index in [4.69, 9.17) is 4.52 Å². The second-order valence-electron chi connectivity index (χ2n) is 8.83. The van der Waals surface area contributed by atoms with Crippen LogP contribution in [0.1, 0.15) is 29.0 Å². The number of hydrogen-bond donors (Lipinski definition) is 0. The molecule has 0 spiro atoms.